The van der Waals surface area contributed by atoms with Crippen molar-refractivity contribution in [2.24, 2.45) is 0 Å². The first-order chi connectivity index (χ1) is 10.5. The molecule has 0 fully saturated rings. The van der Waals surface area contributed by atoms with Crippen molar-refractivity contribution >= 4 is 45.1 Å². The Hall–Kier alpha value is -1.85. The molecular weight excluding hydrogens is 370 g/mol. The topological polar surface area (TPSA) is 55.4 Å². The number of esters is 1. The standard InChI is InChI=1S/C16H13BrClNO3/c1-10(15(20)19-14-5-3-2-4-13(14)18)22-16(21)11-6-8-12(17)9-7-11/h2-10H,1H3,(H,19,20). The molecule has 0 aliphatic rings. The van der Waals surface area contributed by atoms with Crippen LogP contribution in [0, 0.1) is 0 Å². The highest BCUT2D eigenvalue weighted by Crippen LogP contribution is 2.21. The van der Waals surface area contributed by atoms with Gasteiger partial charge in [-0.2, -0.15) is 0 Å². The molecule has 114 valence electrons. The second-order valence-electron chi connectivity index (χ2n) is 4.52. The first kappa shape index (κ1) is 16.5. The fourth-order valence-electron chi connectivity index (χ4n) is 1.67. The normalized spacial score (nSPS) is 11.6. The summed E-state index contributed by atoms with van der Waals surface area (Å²) in [5, 5.41) is 3.04. The number of para-hydroxylation sites is 1. The minimum absolute atomic E-state index is 0.376. The lowest BCUT2D eigenvalue weighted by Gasteiger charge is -2.14. The summed E-state index contributed by atoms with van der Waals surface area (Å²) in [4.78, 5) is 24.0. The van der Waals surface area contributed by atoms with E-state index in [0.717, 1.165) is 4.47 Å². The summed E-state index contributed by atoms with van der Waals surface area (Å²) >= 11 is 9.25. The number of rotatable bonds is 4. The Labute approximate surface area is 141 Å². The van der Waals surface area contributed by atoms with Crippen LogP contribution >= 0.6 is 27.5 Å². The molecule has 1 atom stereocenters. The molecule has 2 rings (SSSR count). The molecule has 4 nitrogen and oxygen atoms in total. The maximum Gasteiger partial charge on any atom is 0.338 e. The Bertz CT molecular complexity index is 688. The van der Waals surface area contributed by atoms with Gasteiger partial charge in [0.25, 0.3) is 5.91 Å². The second-order valence-corrected chi connectivity index (χ2v) is 5.85. The van der Waals surface area contributed by atoms with E-state index in [1.165, 1.54) is 6.92 Å². The van der Waals surface area contributed by atoms with Crippen LogP contribution in [-0.4, -0.2) is 18.0 Å². The molecule has 6 heteroatoms. The Kier molecular flexibility index (Phi) is 5.57. The molecule has 0 aliphatic carbocycles. The van der Waals surface area contributed by atoms with Gasteiger partial charge in [-0.25, -0.2) is 4.79 Å². The van der Waals surface area contributed by atoms with Gasteiger partial charge in [0.15, 0.2) is 6.10 Å². The van der Waals surface area contributed by atoms with Gasteiger partial charge in [0.2, 0.25) is 0 Å². The first-order valence-corrected chi connectivity index (χ1v) is 7.66. The molecule has 0 radical (unpaired) electrons. The molecule has 0 aliphatic heterocycles. The molecule has 0 bridgehead atoms. The van der Waals surface area contributed by atoms with Crippen LogP contribution in [0.4, 0.5) is 5.69 Å². The van der Waals surface area contributed by atoms with Gasteiger partial charge in [-0.05, 0) is 43.3 Å². The Morgan fingerprint density at radius 3 is 2.41 bits per heavy atom. The predicted molar refractivity (Wildman–Crippen MR) is 89.1 cm³/mol. The average Bonchev–Trinajstić information content (AvgIpc) is 2.50. The minimum atomic E-state index is -0.938. The quantitative estimate of drug-likeness (QED) is 0.803. The number of halogens is 2. The molecule has 0 saturated carbocycles. The lowest BCUT2D eigenvalue weighted by molar-refractivity contribution is -0.123. The molecule has 0 heterocycles. The van der Waals surface area contributed by atoms with Gasteiger partial charge in [-0.3, -0.25) is 4.79 Å². The molecule has 1 amide bonds. The van der Waals surface area contributed by atoms with Crippen LogP contribution in [0.3, 0.4) is 0 Å². The second kappa shape index (κ2) is 7.42. The van der Waals surface area contributed by atoms with E-state index in [2.05, 4.69) is 21.2 Å². The summed E-state index contributed by atoms with van der Waals surface area (Å²) < 4.78 is 6.00. The van der Waals surface area contributed by atoms with Gasteiger partial charge in [0.05, 0.1) is 16.3 Å². The van der Waals surface area contributed by atoms with Crippen LogP contribution in [-0.2, 0) is 9.53 Å². The molecule has 0 spiro atoms. The fourth-order valence-corrected chi connectivity index (χ4v) is 2.11. The third-order valence-corrected chi connectivity index (χ3v) is 3.72. The van der Waals surface area contributed by atoms with Gasteiger partial charge in [0, 0.05) is 4.47 Å². The molecule has 2 aromatic carbocycles. The van der Waals surface area contributed by atoms with Crippen LogP contribution in [0.25, 0.3) is 0 Å². The lowest BCUT2D eigenvalue weighted by atomic mass is 10.2. The number of hydrogen-bond donors (Lipinski definition) is 1. The Morgan fingerprint density at radius 2 is 1.77 bits per heavy atom. The summed E-state index contributed by atoms with van der Waals surface area (Å²) in [5.41, 5.74) is 0.848. The van der Waals surface area contributed by atoms with Crippen LogP contribution in [0.15, 0.2) is 53.0 Å². The van der Waals surface area contributed by atoms with Gasteiger partial charge in [0.1, 0.15) is 0 Å². The van der Waals surface area contributed by atoms with E-state index in [1.54, 1.807) is 48.5 Å². The van der Waals surface area contributed by atoms with Crippen molar-refractivity contribution in [3.63, 3.8) is 0 Å². The monoisotopic (exact) mass is 381 g/mol. The SMILES string of the molecule is CC(OC(=O)c1ccc(Br)cc1)C(=O)Nc1ccccc1Cl. The van der Waals surface area contributed by atoms with E-state index in [4.69, 9.17) is 16.3 Å². The number of amides is 1. The molecule has 1 unspecified atom stereocenters. The number of nitrogens with one attached hydrogen (secondary N) is 1. The maximum atomic E-state index is 12.0. The number of benzene rings is 2. The Morgan fingerprint density at radius 1 is 1.14 bits per heavy atom. The van der Waals surface area contributed by atoms with Crippen molar-refractivity contribution in [3.8, 4) is 0 Å². The minimum Gasteiger partial charge on any atom is -0.449 e. The molecule has 0 saturated heterocycles. The van der Waals surface area contributed by atoms with Crippen LogP contribution in [0.1, 0.15) is 17.3 Å². The van der Waals surface area contributed by atoms with Crippen molar-refractivity contribution in [1.29, 1.82) is 0 Å². The van der Waals surface area contributed by atoms with Crippen molar-refractivity contribution in [2.75, 3.05) is 5.32 Å². The van der Waals surface area contributed by atoms with E-state index in [0.29, 0.717) is 16.3 Å². The zero-order valence-electron chi connectivity index (χ0n) is 11.7. The Balaban J connectivity index is 1.98. The number of ether oxygens (including phenoxy) is 1. The summed E-state index contributed by atoms with van der Waals surface area (Å²) in [6, 6.07) is 13.5. The van der Waals surface area contributed by atoms with Crippen LogP contribution in [0.2, 0.25) is 5.02 Å². The number of hydrogen-bond acceptors (Lipinski definition) is 3. The maximum absolute atomic E-state index is 12.0. The number of carbonyl (C=O) groups is 2. The number of carbonyl (C=O) groups excluding carboxylic acids is 2. The third kappa shape index (κ3) is 4.32. The average molecular weight is 383 g/mol. The molecule has 0 aromatic heterocycles. The predicted octanol–water partition coefficient (Wildman–Crippen LogP) is 4.29. The van der Waals surface area contributed by atoms with E-state index >= 15 is 0 Å². The van der Waals surface area contributed by atoms with Crippen LogP contribution < -0.4 is 5.32 Å². The van der Waals surface area contributed by atoms with Crippen molar-refractivity contribution in [2.45, 2.75) is 13.0 Å². The molecular formula is C16H13BrClNO3. The largest absolute Gasteiger partial charge is 0.449 e. The molecule has 22 heavy (non-hydrogen) atoms. The van der Waals surface area contributed by atoms with Gasteiger partial charge in [-0.1, -0.05) is 39.7 Å². The highest BCUT2D eigenvalue weighted by Gasteiger charge is 2.19. The third-order valence-electron chi connectivity index (χ3n) is 2.86. The lowest BCUT2D eigenvalue weighted by Crippen LogP contribution is -2.30. The van der Waals surface area contributed by atoms with Crippen molar-refractivity contribution in [1.82, 2.24) is 0 Å². The number of anilines is 1. The van der Waals surface area contributed by atoms with E-state index in [9.17, 15) is 9.59 Å². The van der Waals surface area contributed by atoms with E-state index in [-0.39, 0.29) is 0 Å². The van der Waals surface area contributed by atoms with Crippen LogP contribution in [0.5, 0.6) is 0 Å². The zero-order chi connectivity index (χ0) is 16.1. The van der Waals surface area contributed by atoms with Gasteiger partial charge >= 0.3 is 5.97 Å². The highest BCUT2D eigenvalue weighted by atomic mass is 79.9. The summed E-state index contributed by atoms with van der Waals surface area (Å²) in [7, 11) is 0. The smallest absolute Gasteiger partial charge is 0.338 e. The summed E-state index contributed by atoms with van der Waals surface area (Å²) in [5.74, 6) is -1.01. The van der Waals surface area contributed by atoms with Crippen molar-refractivity contribution in [3.05, 3.63) is 63.6 Å². The highest BCUT2D eigenvalue weighted by molar-refractivity contribution is 9.10. The van der Waals surface area contributed by atoms with Gasteiger partial charge in [-0.15, -0.1) is 0 Å². The van der Waals surface area contributed by atoms with E-state index in [1.807, 2.05) is 0 Å². The summed E-state index contributed by atoms with van der Waals surface area (Å²) in [6.45, 7) is 1.50. The summed E-state index contributed by atoms with van der Waals surface area (Å²) in [6.07, 6.45) is -0.938. The molecule has 1 N–H and O–H groups in total. The van der Waals surface area contributed by atoms with Gasteiger partial charge < -0.3 is 10.1 Å². The fraction of sp³-hybridized carbons (Fsp3) is 0.125. The van der Waals surface area contributed by atoms with Crippen molar-refractivity contribution < 1.29 is 14.3 Å². The molecule has 2 aromatic rings. The first-order valence-electron chi connectivity index (χ1n) is 6.49. The van der Waals surface area contributed by atoms with E-state index < -0.39 is 18.0 Å². The zero-order valence-corrected chi connectivity index (χ0v) is 14.0.